The van der Waals surface area contributed by atoms with Crippen molar-refractivity contribution >= 4 is 15.9 Å². The van der Waals surface area contributed by atoms with E-state index < -0.39 is 0 Å². The third-order valence-electron chi connectivity index (χ3n) is 2.62. The molecule has 0 unspecified atom stereocenters. The zero-order chi connectivity index (χ0) is 14.5. The van der Waals surface area contributed by atoms with Gasteiger partial charge in [-0.25, -0.2) is 9.37 Å². The lowest BCUT2D eigenvalue weighted by Gasteiger charge is -2.13. The van der Waals surface area contributed by atoms with Crippen molar-refractivity contribution in [3.05, 3.63) is 52.4 Å². The molecule has 0 spiro atoms. The third kappa shape index (κ3) is 4.28. The lowest BCUT2D eigenvalue weighted by Crippen LogP contribution is -2.22. The van der Waals surface area contributed by atoms with Gasteiger partial charge < -0.3 is 10.1 Å². The number of aromatic nitrogens is 1. The van der Waals surface area contributed by atoms with Gasteiger partial charge in [0.05, 0.1) is 0 Å². The Hall–Kier alpha value is -1.46. The van der Waals surface area contributed by atoms with Crippen molar-refractivity contribution in [1.82, 2.24) is 10.3 Å². The number of hydrogen-bond donors (Lipinski definition) is 1. The summed E-state index contributed by atoms with van der Waals surface area (Å²) in [6, 6.07) is 8.21. The fourth-order valence-corrected chi connectivity index (χ4v) is 1.99. The molecule has 0 aliphatic rings. The van der Waals surface area contributed by atoms with Crippen molar-refractivity contribution in [3.8, 4) is 11.6 Å². The van der Waals surface area contributed by atoms with Crippen molar-refractivity contribution in [3.63, 3.8) is 0 Å². The summed E-state index contributed by atoms with van der Waals surface area (Å²) in [4.78, 5) is 4.27. The molecule has 2 rings (SSSR count). The van der Waals surface area contributed by atoms with Gasteiger partial charge in [0, 0.05) is 28.8 Å². The maximum Gasteiger partial charge on any atom is 0.223 e. The molecule has 0 radical (unpaired) electrons. The molecule has 20 heavy (non-hydrogen) atoms. The highest BCUT2D eigenvalue weighted by Crippen LogP contribution is 2.25. The number of nitrogens with zero attached hydrogens (tertiary/aromatic N) is 1. The lowest BCUT2D eigenvalue weighted by molar-refractivity contribution is 0.448. The molecule has 0 amide bonds. The van der Waals surface area contributed by atoms with E-state index in [1.165, 1.54) is 12.1 Å². The van der Waals surface area contributed by atoms with E-state index in [-0.39, 0.29) is 5.82 Å². The van der Waals surface area contributed by atoms with Gasteiger partial charge in [-0.05, 0) is 46.3 Å². The molecule has 0 aliphatic heterocycles. The number of nitrogens with one attached hydrogen (secondary N) is 1. The van der Waals surface area contributed by atoms with Crippen molar-refractivity contribution in [2.24, 2.45) is 0 Å². The molecule has 0 fully saturated rings. The van der Waals surface area contributed by atoms with E-state index >= 15 is 0 Å². The predicted molar refractivity (Wildman–Crippen MR) is 80.4 cm³/mol. The molecule has 0 saturated heterocycles. The number of halogens is 2. The first-order chi connectivity index (χ1) is 9.54. The molecule has 0 aliphatic carbocycles. The second-order valence-corrected chi connectivity index (χ2v) is 5.63. The van der Waals surface area contributed by atoms with Crippen LogP contribution in [-0.4, -0.2) is 11.0 Å². The Labute approximate surface area is 126 Å². The monoisotopic (exact) mass is 338 g/mol. The fraction of sp³-hybridized carbons (Fsp3) is 0.267. The molecule has 1 aromatic carbocycles. The zero-order valence-corrected chi connectivity index (χ0v) is 12.9. The highest BCUT2D eigenvalue weighted by Gasteiger charge is 2.08. The Morgan fingerprint density at radius 2 is 2.00 bits per heavy atom. The lowest BCUT2D eigenvalue weighted by atomic mass is 10.2. The SMILES string of the molecule is CC(C)NCc1cc(Br)cnc1Oc1ccc(F)cc1. The molecule has 5 heteroatoms. The molecular weight excluding hydrogens is 323 g/mol. The van der Waals surface area contributed by atoms with E-state index in [4.69, 9.17) is 4.74 Å². The topological polar surface area (TPSA) is 34.2 Å². The minimum Gasteiger partial charge on any atom is -0.439 e. The predicted octanol–water partition coefficient (Wildman–Crippen LogP) is 4.27. The van der Waals surface area contributed by atoms with Crippen LogP contribution in [0.15, 0.2) is 41.0 Å². The molecule has 0 atom stereocenters. The first-order valence-corrected chi connectivity index (χ1v) is 7.15. The smallest absolute Gasteiger partial charge is 0.223 e. The van der Waals surface area contributed by atoms with E-state index in [2.05, 4.69) is 40.1 Å². The standard InChI is InChI=1S/C15H16BrFN2O/c1-10(2)18-8-11-7-12(16)9-19-15(11)20-14-5-3-13(17)4-6-14/h3-7,9-10,18H,8H2,1-2H3. The Balaban J connectivity index is 2.19. The zero-order valence-electron chi connectivity index (χ0n) is 11.4. The van der Waals surface area contributed by atoms with Gasteiger partial charge in [0.2, 0.25) is 5.88 Å². The number of pyridine rings is 1. The van der Waals surface area contributed by atoms with Crippen molar-refractivity contribution in [2.45, 2.75) is 26.4 Å². The summed E-state index contributed by atoms with van der Waals surface area (Å²) < 4.78 is 19.5. The maximum absolute atomic E-state index is 12.9. The maximum atomic E-state index is 12.9. The van der Waals surface area contributed by atoms with E-state index in [9.17, 15) is 4.39 Å². The van der Waals surface area contributed by atoms with E-state index in [0.717, 1.165) is 10.0 Å². The molecular formula is C15H16BrFN2O. The van der Waals surface area contributed by atoms with Gasteiger partial charge >= 0.3 is 0 Å². The van der Waals surface area contributed by atoms with Crippen LogP contribution in [0.3, 0.4) is 0 Å². The second kappa shape index (κ2) is 6.81. The summed E-state index contributed by atoms with van der Waals surface area (Å²) in [7, 11) is 0. The molecule has 3 nitrogen and oxygen atoms in total. The third-order valence-corrected chi connectivity index (χ3v) is 3.05. The first-order valence-electron chi connectivity index (χ1n) is 6.36. The van der Waals surface area contributed by atoms with Gasteiger partial charge in [0.1, 0.15) is 11.6 Å². The van der Waals surface area contributed by atoms with Crippen LogP contribution in [0.2, 0.25) is 0 Å². The van der Waals surface area contributed by atoms with Gasteiger partial charge in [0.15, 0.2) is 0 Å². The highest BCUT2D eigenvalue weighted by molar-refractivity contribution is 9.10. The van der Waals surface area contributed by atoms with Gasteiger partial charge in [-0.2, -0.15) is 0 Å². The van der Waals surface area contributed by atoms with E-state index in [0.29, 0.717) is 24.2 Å². The van der Waals surface area contributed by atoms with Crippen molar-refractivity contribution in [2.75, 3.05) is 0 Å². The summed E-state index contributed by atoms with van der Waals surface area (Å²) in [6.07, 6.45) is 1.68. The summed E-state index contributed by atoms with van der Waals surface area (Å²) >= 11 is 3.40. The molecule has 106 valence electrons. The Morgan fingerprint density at radius 1 is 1.30 bits per heavy atom. The fourth-order valence-electron chi connectivity index (χ4n) is 1.62. The van der Waals surface area contributed by atoms with Crippen LogP contribution in [-0.2, 0) is 6.54 Å². The number of rotatable bonds is 5. The van der Waals surface area contributed by atoms with Crippen LogP contribution in [0.5, 0.6) is 11.6 Å². The number of ether oxygens (including phenoxy) is 1. The van der Waals surface area contributed by atoms with Crippen LogP contribution in [0.4, 0.5) is 4.39 Å². The molecule has 1 aromatic heterocycles. The average molecular weight is 339 g/mol. The van der Waals surface area contributed by atoms with Crippen LogP contribution in [0, 0.1) is 5.82 Å². The highest BCUT2D eigenvalue weighted by atomic mass is 79.9. The summed E-state index contributed by atoms with van der Waals surface area (Å²) in [5, 5.41) is 3.32. The summed E-state index contributed by atoms with van der Waals surface area (Å²) in [5.74, 6) is 0.794. The Kier molecular flexibility index (Phi) is 5.09. The first kappa shape index (κ1) is 14.9. The van der Waals surface area contributed by atoms with Gasteiger partial charge in [-0.1, -0.05) is 13.8 Å². The number of hydrogen-bond acceptors (Lipinski definition) is 3. The Morgan fingerprint density at radius 3 is 2.65 bits per heavy atom. The van der Waals surface area contributed by atoms with Crippen LogP contribution < -0.4 is 10.1 Å². The average Bonchev–Trinajstić information content (AvgIpc) is 2.41. The normalized spacial score (nSPS) is 10.8. The summed E-state index contributed by atoms with van der Waals surface area (Å²) in [5.41, 5.74) is 0.942. The minimum atomic E-state index is -0.289. The van der Waals surface area contributed by atoms with E-state index in [1.807, 2.05) is 6.07 Å². The van der Waals surface area contributed by atoms with Crippen molar-refractivity contribution < 1.29 is 9.13 Å². The van der Waals surface area contributed by atoms with E-state index in [1.54, 1.807) is 18.3 Å². The van der Waals surface area contributed by atoms with Crippen LogP contribution in [0.1, 0.15) is 19.4 Å². The molecule has 1 heterocycles. The van der Waals surface area contributed by atoms with Crippen molar-refractivity contribution in [1.29, 1.82) is 0 Å². The molecule has 0 bridgehead atoms. The largest absolute Gasteiger partial charge is 0.439 e. The minimum absolute atomic E-state index is 0.289. The van der Waals surface area contributed by atoms with Crippen LogP contribution in [0.25, 0.3) is 0 Å². The molecule has 0 saturated carbocycles. The van der Waals surface area contributed by atoms with Crippen LogP contribution >= 0.6 is 15.9 Å². The number of benzene rings is 1. The second-order valence-electron chi connectivity index (χ2n) is 4.71. The van der Waals surface area contributed by atoms with Gasteiger partial charge in [0.25, 0.3) is 0 Å². The van der Waals surface area contributed by atoms with Gasteiger partial charge in [-0.3, -0.25) is 0 Å². The summed E-state index contributed by atoms with van der Waals surface area (Å²) in [6.45, 7) is 4.80. The van der Waals surface area contributed by atoms with Gasteiger partial charge in [-0.15, -0.1) is 0 Å². The quantitative estimate of drug-likeness (QED) is 0.883. The molecule has 1 N–H and O–H groups in total. The molecule has 2 aromatic rings. The Bertz CT molecular complexity index is 573.